The Morgan fingerprint density at radius 3 is 2.35 bits per heavy atom. The van der Waals surface area contributed by atoms with E-state index in [0.29, 0.717) is 11.8 Å². The fraction of sp³-hybridized carbons (Fsp3) is 0.467. The highest BCUT2D eigenvalue weighted by Gasteiger charge is 2.15. The van der Waals surface area contributed by atoms with Crippen molar-refractivity contribution in [1.82, 2.24) is 0 Å². The molecule has 0 aromatic heterocycles. The molecule has 1 unspecified atom stereocenters. The van der Waals surface area contributed by atoms with Gasteiger partial charge in [0.25, 0.3) is 0 Å². The van der Waals surface area contributed by atoms with Gasteiger partial charge in [0.1, 0.15) is 0 Å². The Bertz CT molecular complexity index is 406. The second-order valence-electron chi connectivity index (χ2n) is 5.10. The van der Waals surface area contributed by atoms with Gasteiger partial charge in [-0.3, -0.25) is 0 Å². The summed E-state index contributed by atoms with van der Waals surface area (Å²) < 4.78 is 0. The molecule has 0 radical (unpaired) electrons. The molecule has 2 heteroatoms. The van der Waals surface area contributed by atoms with Gasteiger partial charge < -0.3 is 11.5 Å². The van der Waals surface area contributed by atoms with E-state index < -0.39 is 0 Å². The summed E-state index contributed by atoms with van der Waals surface area (Å²) in [5, 5.41) is 0. The molecule has 4 N–H and O–H groups in total. The van der Waals surface area contributed by atoms with Gasteiger partial charge in [-0.15, -0.1) is 0 Å². The Kier molecular flexibility index (Phi) is 4.62. The first kappa shape index (κ1) is 13.6. The van der Waals surface area contributed by atoms with Crippen LogP contribution < -0.4 is 11.5 Å². The van der Waals surface area contributed by atoms with E-state index in [1.54, 1.807) is 0 Å². The summed E-state index contributed by atoms with van der Waals surface area (Å²) in [5.74, 6) is 1.05. The normalized spacial score (nSPS) is 13.5. The molecule has 1 aromatic carbocycles. The van der Waals surface area contributed by atoms with Crippen molar-refractivity contribution < 1.29 is 0 Å². The van der Waals surface area contributed by atoms with Gasteiger partial charge in [0, 0.05) is 16.9 Å². The van der Waals surface area contributed by atoms with Gasteiger partial charge in [-0.25, -0.2) is 0 Å². The Morgan fingerprint density at radius 1 is 1.18 bits per heavy atom. The maximum absolute atomic E-state index is 6.22. The molecular formula is C15H24N2. The molecule has 0 spiro atoms. The highest BCUT2D eigenvalue weighted by molar-refractivity contribution is 5.74. The third-order valence-corrected chi connectivity index (χ3v) is 3.02. The third-order valence-electron chi connectivity index (χ3n) is 3.02. The molecule has 0 amide bonds. The average molecular weight is 232 g/mol. The van der Waals surface area contributed by atoms with Crippen LogP contribution >= 0.6 is 0 Å². The zero-order valence-corrected chi connectivity index (χ0v) is 11.3. The molecule has 17 heavy (non-hydrogen) atoms. The average Bonchev–Trinajstić information content (AvgIpc) is 2.21. The molecule has 94 valence electrons. The van der Waals surface area contributed by atoms with E-state index in [4.69, 9.17) is 11.5 Å². The fourth-order valence-electron chi connectivity index (χ4n) is 2.37. The van der Waals surface area contributed by atoms with Crippen LogP contribution in [-0.2, 0) is 0 Å². The lowest BCUT2D eigenvalue weighted by atomic mass is 9.88. The van der Waals surface area contributed by atoms with Crippen molar-refractivity contribution in [3.05, 3.63) is 29.3 Å². The molecule has 1 atom stereocenters. The molecule has 0 fully saturated rings. The number of rotatable bonds is 4. The van der Waals surface area contributed by atoms with Crippen molar-refractivity contribution in [2.24, 2.45) is 5.92 Å². The lowest BCUT2D eigenvalue weighted by molar-refractivity contribution is 0.525. The second kappa shape index (κ2) is 5.76. The van der Waals surface area contributed by atoms with Gasteiger partial charge in [-0.2, -0.15) is 0 Å². The van der Waals surface area contributed by atoms with Gasteiger partial charge in [0.15, 0.2) is 0 Å². The van der Waals surface area contributed by atoms with Crippen LogP contribution in [0.4, 0.5) is 11.4 Å². The standard InChI is InChI=1S/C15H24N2/c1-5-6-12-7-8-13(16)14(15(12)17)11(4)9-10(2)3/h5-8,10-11H,9,16-17H2,1-4H3/b6-5-. The van der Waals surface area contributed by atoms with Crippen molar-refractivity contribution >= 4 is 17.5 Å². The topological polar surface area (TPSA) is 52.0 Å². The van der Waals surface area contributed by atoms with Gasteiger partial charge in [-0.05, 0) is 36.8 Å². The first-order valence-electron chi connectivity index (χ1n) is 6.27. The van der Waals surface area contributed by atoms with E-state index >= 15 is 0 Å². The second-order valence-corrected chi connectivity index (χ2v) is 5.10. The van der Waals surface area contributed by atoms with Crippen LogP contribution in [0.2, 0.25) is 0 Å². The molecule has 2 nitrogen and oxygen atoms in total. The number of anilines is 2. The number of hydrogen-bond donors (Lipinski definition) is 2. The Morgan fingerprint density at radius 2 is 1.82 bits per heavy atom. The molecule has 0 heterocycles. The van der Waals surface area contributed by atoms with E-state index in [-0.39, 0.29) is 0 Å². The predicted molar refractivity (Wildman–Crippen MR) is 77.8 cm³/mol. The van der Waals surface area contributed by atoms with E-state index in [1.165, 1.54) is 0 Å². The largest absolute Gasteiger partial charge is 0.398 e. The van der Waals surface area contributed by atoms with Gasteiger partial charge in [-0.1, -0.05) is 39.0 Å². The third kappa shape index (κ3) is 3.26. The van der Waals surface area contributed by atoms with Crippen LogP contribution in [0, 0.1) is 5.92 Å². The fourth-order valence-corrected chi connectivity index (χ4v) is 2.37. The SMILES string of the molecule is C/C=C\c1ccc(N)c(C(C)CC(C)C)c1N. The monoisotopic (exact) mass is 232 g/mol. The smallest absolute Gasteiger partial charge is 0.0443 e. The summed E-state index contributed by atoms with van der Waals surface area (Å²) in [6.45, 7) is 8.63. The minimum absolute atomic E-state index is 0.403. The Balaban J connectivity index is 3.17. The van der Waals surface area contributed by atoms with Crippen LogP contribution in [-0.4, -0.2) is 0 Å². The molecule has 0 saturated heterocycles. The first-order valence-corrected chi connectivity index (χ1v) is 6.27. The maximum atomic E-state index is 6.22. The summed E-state index contributed by atoms with van der Waals surface area (Å²) in [7, 11) is 0. The molecule has 0 aliphatic heterocycles. The number of benzene rings is 1. The lowest BCUT2D eigenvalue weighted by Gasteiger charge is -2.20. The first-order chi connectivity index (χ1) is 7.97. The van der Waals surface area contributed by atoms with Crippen molar-refractivity contribution in [1.29, 1.82) is 0 Å². The molecule has 1 aromatic rings. The summed E-state index contributed by atoms with van der Waals surface area (Å²) >= 11 is 0. The molecule has 0 aliphatic carbocycles. The van der Waals surface area contributed by atoms with Crippen LogP contribution in [0.15, 0.2) is 18.2 Å². The minimum atomic E-state index is 0.403. The Labute approximate surface area is 105 Å². The highest BCUT2D eigenvalue weighted by Crippen LogP contribution is 2.34. The van der Waals surface area contributed by atoms with Crippen LogP contribution in [0.3, 0.4) is 0 Å². The van der Waals surface area contributed by atoms with Crippen molar-refractivity contribution in [3.8, 4) is 0 Å². The zero-order chi connectivity index (χ0) is 13.0. The molecule has 0 bridgehead atoms. The number of nitrogens with two attached hydrogens (primary N) is 2. The number of hydrogen-bond acceptors (Lipinski definition) is 2. The predicted octanol–water partition coefficient (Wildman–Crippen LogP) is 4.03. The summed E-state index contributed by atoms with van der Waals surface area (Å²) in [6, 6.07) is 3.94. The van der Waals surface area contributed by atoms with E-state index in [1.807, 2.05) is 31.2 Å². The van der Waals surface area contributed by atoms with Crippen LogP contribution in [0.25, 0.3) is 6.08 Å². The summed E-state index contributed by atoms with van der Waals surface area (Å²) in [5.41, 5.74) is 16.1. The Hall–Kier alpha value is -1.44. The van der Waals surface area contributed by atoms with E-state index in [9.17, 15) is 0 Å². The molecule has 0 saturated carbocycles. The van der Waals surface area contributed by atoms with Gasteiger partial charge in [0.2, 0.25) is 0 Å². The summed E-state index contributed by atoms with van der Waals surface area (Å²) in [6.07, 6.45) is 5.13. The van der Waals surface area contributed by atoms with E-state index in [0.717, 1.165) is 28.9 Å². The summed E-state index contributed by atoms with van der Waals surface area (Å²) in [4.78, 5) is 0. The zero-order valence-electron chi connectivity index (χ0n) is 11.3. The van der Waals surface area contributed by atoms with Crippen LogP contribution in [0.1, 0.15) is 51.2 Å². The number of nitrogen functional groups attached to an aromatic ring is 2. The maximum Gasteiger partial charge on any atom is 0.0443 e. The quantitative estimate of drug-likeness (QED) is 0.770. The van der Waals surface area contributed by atoms with Crippen LogP contribution in [0.5, 0.6) is 0 Å². The highest BCUT2D eigenvalue weighted by atomic mass is 14.6. The van der Waals surface area contributed by atoms with Crippen molar-refractivity contribution in [2.75, 3.05) is 11.5 Å². The van der Waals surface area contributed by atoms with Gasteiger partial charge >= 0.3 is 0 Å². The number of allylic oxidation sites excluding steroid dienone is 1. The van der Waals surface area contributed by atoms with Gasteiger partial charge in [0.05, 0.1) is 0 Å². The van der Waals surface area contributed by atoms with Crippen molar-refractivity contribution in [3.63, 3.8) is 0 Å². The molecule has 0 aliphatic rings. The van der Waals surface area contributed by atoms with E-state index in [2.05, 4.69) is 20.8 Å². The molecule has 1 rings (SSSR count). The minimum Gasteiger partial charge on any atom is -0.398 e. The lowest BCUT2D eigenvalue weighted by Crippen LogP contribution is -2.07. The van der Waals surface area contributed by atoms with Crippen molar-refractivity contribution in [2.45, 2.75) is 40.0 Å². The molecular weight excluding hydrogens is 208 g/mol.